The Balaban J connectivity index is 2.08. The molecular formula is C11H8NO4. The minimum Gasteiger partial charge on any atom is -0.325 e. The molecule has 16 heavy (non-hydrogen) atoms. The largest absolute Gasteiger partial charge is 0.363 e. The number of nitrogens with zero attached hydrogens (tertiary/aromatic N) is 1. The Morgan fingerprint density at radius 2 is 2.00 bits per heavy atom. The Bertz CT molecular complexity index is 425. The number of rotatable bonds is 2. The number of imide groups is 1. The molecule has 81 valence electrons. The lowest BCUT2D eigenvalue weighted by Crippen LogP contribution is -2.32. The number of carbonyl (C=O) groups is 3. The van der Waals surface area contributed by atoms with Crippen molar-refractivity contribution >= 4 is 17.8 Å². The molecule has 2 rings (SSSR count). The minimum atomic E-state index is -0.736. The third-order valence-electron chi connectivity index (χ3n) is 2.12. The number of hydrogen-bond donors (Lipinski definition) is 0. The van der Waals surface area contributed by atoms with Gasteiger partial charge in [-0.1, -0.05) is 12.1 Å². The van der Waals surface area contributed by atoms with Gasteiger partial charge in [-0.25, -0.2) is 4.79 Å². The van der Waals surface area contributed by atoms with Gasteiger partial charge in [0.05, 0.1) is 5.56 Å². The van der Waals surface area contributed by atoms with Crippen molar-refractivity contribution in [2.45, 2.75) is 12.8 Å². The first kappa shape index (κ1) is 10.4. The van der Waals surface area contributed by atoms with Crippen LogP contribution in [0.5, 0.6) is 0 Å². The molecule has 0 atom stereocenters. The Kier molecular flexibility index (Phi) is 2.68. The Labute approximate surface area is 91.6 Å². The monoisotopic (exact) mass is 218 g/mol. The van der Waals surface area contributed by atoms with Crippen LogP contribution in [0, 0.1) is 6.07 Å². The van der Waals surface area contributed by atoms with Gasteiger partial charge in [-0.2, -0.15) is 0 Å². The number of hydroxylamine groups is 2. The van der Waals surface area contributed by atoms with Crippen molar-refractivity contribution in [3.05, 3.63) is 35.9 Å². The normalized spacial score (nSPS) is 15.4. The summed E-state index contributed by atoms with van der Waals surface area (Å²) in [5.74, 6) is -1.71. The zero-order valence-corrected chi connectivity index (χ0v) is 8.30. The molecular weight excluding hydrogens is 210 g/mol. The van der Waals surface area contributed by atoms with Crippen LogP contribution in [0.4, 0.5) is 0 Å². The highest BCUT2D eigenvalue weighted by molar-refractivity contribution is 6.02. The molecule has 2 amide bonds. The summed E-state index contributed by atoms with van der Waals surface area (Å²) in [6, 6.07) is 8.88. The molecule has 0 spiro atoms. The molecule has 0 unspecified atom stereocenters. The van der Waals surface area contributed by atoms with Crippen LogP contribution in [0.15, 0.2) is 24.3 Å². The zero-order chi connectivity index (χ0) is 11.5. The molecule has 0 saturated carbocycles. The number of carbonyl (C=O) groups excluding carboxylic acids is 3. The summed E-state index contributed by atoms with van der Waals surface area (Å²) in [6.45, 7) is 0. The summed E-state index contributed by atoms with van der Waals surface area (Å²) in [5.41, 5.74) is 0.245. The topological polar surface area (TPSA) is 63.7 Å². The van der Waals surface area contributed by atoms with Crippen molar-refractivity contribution in [3.63, 3.8) is 0 Å². The average molecular weight is 218 g/mol. The van der Waals surface area contributed by atoms with E-state index in [1.54, 1.807) is 12.1 Å². The first-order chi connectivity index (χ1) is 7.68. The van der Waals surface area contributed by atoms with Crippen molar-refractivity contribution in [2.75, 3.05) is 0 Å². The van der Waals surface area contributed by atoms with Crippen molar-refractivity contribution < 1.29 is 19.2 Å². The van der Waals surface area contributed by atoms with Crippen molar-refractivity contribution in [2.24, 2.45) is 0 Å². The smallest absolute Gasteiger partial charge is 0.325 e. The Morgan fingerprint density at radius 3 is 2.56 bits per heavy atom. The van der Waals surface area contributed by atoms with Gasteiger partial charge in [0.15, 0.2) is 0 Å². The molecule has 1 radical (unpaired) electrons. The highest BCUT2D eigenvalue weighted by Gasteiger charge is 2.33. The van der Waals surface area contributed by atoms with Crippen molar-refractivity contribution in [3.8, 4) is 0 Å². The molecule has 1 heterocycles. The van der Waals surface area contributed by atoms with Gasteiger partial charge >= 0.3 is 5.97 Å². The van der Waals surface area contributed by atoms with Gasteiger partial charge in [-0.15, -0.1) is 5.06 Å². The summed E-state index contributed by atoms with van der Waals surface area (Å²) in [5, 5.41) is 0.523. The lowest BCUT2D eigenvalue weighted by atomic mass is 10.2. The molecule has 1 aliphatic rings. The third-order valence-corrected chi connectivity index (χ3v) is 2.12. The molecule has 1 fully saturated rings. The SMILES string of the molecule is O=C(ON1C(=O)CCC1=O)c1c[c]ccc1. The lowest BCUT2D eigenvalue weighted by molar-refractivity contribution is -0.172. The van der Waals surface area contributed by atoms with E-state index in [4.69, 9.17) is 4.84 Å². The van der Waals surface area contributed by atoms with Crippen LogP contribution in [0.3, 0.4) is 0 Å². The molecule has 5 heteroatoms. The molecule has 5 nitrogen and oxygen atoms in total. The van der Waals surface area contributed by atoms with E-state index < -0.39 is 17.8 Å². The maximum Gasteiger partial charge on any atom is 0.363 e. The Hall–Kier alpha value is -2.17. The van der Waals surface area contributed by atoms with Crippen molar-refractivity contribution in [1.29, 1.82) is 0 Å². The second kappa shape index (κ2) is 4.14. The van der Waals surface area contributed by atoms with E-state index in [2.05, 4.69) is 6.07 Å². The molecule has 0 bridgehead atoms. The molecule has 1 aromatic rings. The molecule has 0 N–H and O–H groups in total. The highest BCUT2D eigenvalue weighted by Crippen LogP contribution is 2.13. The second-order valence-electron chi connectivity index (χ2n) is 3.25. The molecule has 1 aromatic carbocycles. The first-order valence-electron chi connectivity index (χ1n) is 4.72. The maximum atomic E-state index is 11.5. The Morgan fingerprint density at radius 1 is 1.31 bits per heavy atom. The molecule has 1 saturated heterocycles. The number of amides is 2. The average Bonchev–Trinajstić information content (AvgIpc) is 2.62. The van der Waals surface area contributed by atoms with Gasteiger partial charge in [0, 0.05) is 12.8 Å². The van der Waals surface area contributed by atoms with Crippen LogP contribution in [-0.2, 0) is 14.4 Å². The van der Waals surface area contributed by atoms with Gasteiger partial charge in [-0.3, -0.25) is 9.59 Å². The lowest BCUT2D eigenvalue weighted by Gasteiger charge is -2.12. The van der Waals surface area contributed by atoms with Crippen LogP contribution in [-0.4, -0.2) is 22.8 Å². The van der Waals surface area contributed by atoms with E-state index in [-0.39, 0.29) is 18.4 Å². The van der Waals surface area contributed by atoms with Crippen LogP contribution in [0.2, 0.25) is 0 Å². The maximum absolute atomic E-state index is 11.5. The fourth-order valence-corrected chi connectivity index (χ4v) is 1.31. The summed E-state index contributed by atoms with van der Waals surface area (Å²) in [6.07, 6.45) is 0.181. The predicted molar refractivity (Wildman–Crippen MR) is 51.8 cm³/mol. The fraction of sp³-hybridized carbons (Fsp3) is 0.182. The molecule has 0 aromatic heterocycles. The first-order valence-corrected chi connectivity index (χ1v) is 4.72. The van der Waals surface area contributed by atoms with Crippen LogP contribution < -0.4 is 0 Å². The van der Waals surface area contributed by atoms with Gasteiger partial charge in [-0.05, 0) is 18.2 Å². The van der Waals surface area contributed by atoms with E-state index >= 15 is 0 Å². The van der Waals surface area contributed by atoms with E-state index in [0.717, 1.165) is 0 Å². The minimum absolute atomic E-state index is 0.0903. The highest BCUT2D eigenvalue weighted by atomic mass is 16.7. The summed E-state index contributed by atoms with van der Waals surface area (Å²) in [7, 11) is 0. The van der Waals surface area contributed by atoms with E-state index in [1.165, 1.54) is 12.1 Å². The zero-order valence-electron chi connectivity index (χ0n) is 8.30. The predicted octanol–water partition coefficient (Wildman–Crippen LogP) is 0.708. The standard InChI is InChI=1S/C11H8NO4/c13-9-6-7-10(14)12(9)16-11(15)8-4-2-1-3-5-8/h1-2,4-5H,6-7H2. The number of hydrogen-bond acceptors (Lipinski definition) is 4. The molecule has 0 aliphatic carbocycles. The van der Waals surface area contributed by atoms with Crippen LogP contribution in [0.1, 0.15) is 23.2 Å². The quantitative estimate of drug-likeness (QED) is 0.686. The van der Waals surface area contributed by atoms with Crippen molar-refractivity contribution in [1.82, 2.24) is 5.06 Å². The van der Waals surface area contributed by atoms with Gasteiger partial charge < -0.3 is 4.84 Å². The second-order valence-corrected chi connectivity index (χ2v) is 3.25. The summed E-state index contributed by atoms with van der Waals surface area (Å²) < 4.78 is 0. The van der Waals surface area contributed by atoms with Gasteiger partial charge in [0.1, 0.15) is 0 Å². The summed E-state index contributed by atoms with van der Waals surface area (Å²) in [4.78, 5) is 38.5. The van der Waals surface area contributed by atoms with E-state index in [9.17, 15) is 14.4 Å². The van der Waals surface area contributed by atoms with Crippen LogP contribution >= 0.6 is 0 Å². The van der Waals surface area contributed by atoms with E-state index in [1.807, 2.05) is 0 Å². The number of benzene rings is 1. The van der Waals surface area contributed by atoms with Crippen LogP contribution in [0.25, 0.3) is 0 Å². The van der Waals surface area contributed by atoms with Gasteiger partial charge in [0.25, 0.3) is 11.8 Å². The third kappa shape index (κ3) is 1.93. The van der Waals surface area contributed by atoms with Gasteiger partial charge in [0.2, 0.25) is 0 Å². The molecule has 1 aliphatic heterocycles. The summed E-state index contributed by atoms with van der Waals surface area (Å²) >= 11 is 0. The fourth-order valence-electron chi connectivity index (χ4n) is 1.31. The van der Waals surface area contributed by atoms with E-state index in [0.29, 0.717) is 5.06 Å².